The van der Waals surface area contributed by atoms with Gasteiger partial charge < -0.3 is 9.64 Å². The van der Waals surface area contributed by atoms with E-state index in [0.717, 1.165) is 38.8 Å². The molecule has 0 aromatic heterocycles. The first-order valence-electron chi connectivity index (χ1n) is 8.34. The molecule has 2 rings (SSSR count). The maximum atomic E-state index is 12.5. The van der Waals surface area contributed by atoms with Gasteiger partial charge >= 0.3 is 0 Å². The summed E-state index contributed by atoms with van der Waals surface area (Å²) in [6, 6.07) is 5.81. The summed E-state index contributed by atoms with van der Waals surface area (Å²) in [4.78, 5) is 14.5. The van der Waals surface area contributed by atoms with E-state index in [-0.39, 0.29) is 16.8 Å². The summed E-state index contributed by atoms with van der Waals surface area (Å²) in [7, 11) is -2.09. The van der Waals surface area contributed by atoms with Gasteiger partial charge in [0.2, 0.25) is 10.0 Å². The van der Waals surface area contributed by atoms with Crippen LogP contribution in [0.5, 0.6) is 0 Å². The Hall–Kier alpha value is -1.44. The number of hydrogen-bond donors (Lipinski definition) is 1. The van der Waals surface area contributed by atoms with Crippen LogP contribution in [0.25, 0.3) is 0 Å². The molecule has 1 saturated heterocycles. The van der Waals surface area contributed by atoms with Crippen molar-refractivity contribution in [1.29, 1.82) is 0 Å². The summed E-state index contributed by atoms with van der Waals surface area (Å²) in [5.41, 5.74) is 0.529. The standard InChI is InChI=1S/C17H26N2O4S/c1-14(13-23-2)18-24(21,22)16-9-7-15(8-10-16)17(20)19-11-5-3-4-6-12-19/h7-10,14,18H,3-6,11-13H2,1-2H3/t14-/m0/s1. The summed E-state index contributed by atoms with van der Waals surface area (Å²) < 4.78 is 32.0. The van der Waals surface area contributed by atoms with Gasteiger partial charge in [0.05, 0.1) is 11.5 Å². The number of carbonyl (C=O) groups is 1. The van der Waals surface area contributed by atoms with Gasteiger partial charge in [0.1, 0.15) is 0 Å². The number of carbonyl (C=O) groups excluding carboxylic acids is 1. The van der Waals surface area contributed by atoms with Crippen molar-refractivity contribution in [1.82, 2.24) is 9.62 Å². The van der Waals surface area contributed by atoms with Gasteiger partial charge in [-0.1, -0.05) is 12.8 Å². The number of amides is 1. The van der Waals surface area contributed by atoms with Crippen LogP contribution in [0.3, 0.4) is 0 Å². The van der Waals surface area contributed by atoms with Gasteiger partial charge in [-0.2, -0.15) is 0 Å². The van der Waals surface area contributed by atoms with E-state index in [0.29, 0.717) is 12.2 Å². The number of methoxy groups -OCH3 is 1. The molecule has 1 aliphatic rings. The van der Waals surface area contributed by atoms with Crippen LogP contribution < -0.4 is 4.72 Å². The SMILES string of the molecule is COC[C@H](C)NS(=O)(=O)c1ccc(C(=O)N2CCCCCC2)cc1. The maximum absolute atomic E-state index is 12.5. The van der Waals surface area contributed by atoms with Crippen LogP contribution >= 0.6 is 0 Å². The number of sulfonamides is 1. The second-order valence-electron chi connectivity index (χ2n) is 6.21. The number of likely N-dealkylation sites (tertiary alicyclic amines) is 1. The Kier molecular flexibility index (Phi) is 6.77. The van der Waals surface area contributed by atoms with Crippen molar-refractivity contribution in [2.75, 3.05) is 26.8 Å². The first kappa shape index (κ1) is 18.9. The third-order valence-corrected chi connectivity index (χ3v) is 5.68. The number of hydrogen-bond acceptors (Lipinski definition) is 4. The molecular weight excluding hydrogens is 328 g/mol. The second-order valence-corrected chi connectivity index (χ2v) is 7.92. The molecule has 24 heavy (non-hydrogen) atoms. The number of benzene rings is 1. The van der Waals surface area contributed by atoms with Gasteiger partial charge in [0.25, 0.3) is 5.91 Å². The van der Waals surface area contributed by atoms with E-state index in [1.54, 1.807) is 19.1 Å². The summed E-state index contributed by atoms with van der Waals surface area (Å²) in [5.74, 6) is -0.0263. The van der Waals surface area contributed by atoms with Crippen LogP contribution in [0, 0.1) is 0 Å². The van der Waals surface area contributed by atoms with Crippen LogP contribution in [0.15, 0.2) is 29.2 Å². The van der Waals surface area contributed by atoms with Crippen molar-refractivity contribution >= 4 is 15.9 Å². The summed E-state index contributed by atoms with van der Waals surface area (Å²) in [5, 5.41) is 0. The maximum Gasteiger partial charge on any atom is 0.253 e. The zero-order valence-corrected chi connectivity index (χ0v) is 15.1. The minimum Gasteiger partial charge on any atom is -0.383 e. The first-order chi connectivity index (χ1) is 11.4. The number of ether oxygens (including phenoxy) is 1. The first-order valence-corrected chi connectivity index (χ1v) is 9.83. The van der Waals surface area contributed by atoms with E-state index in [2.05, 4.69) is 4.72 Å². The Balaban J connectivity index is 2.07. The van der Waals surface area contributed by atoms with Crippen LogP contribution in [0.4, 0.5) is 0 Å². The van der Waals surface area contributed by atoms with Crippen molar-refractivity contribution < 1.29 is 17.9 Å². The normalized spacial score (nSPS) is 17.3. The molecule has 0 bridgehead atoms. The van der Waals surface area contributed by atoms with Gasteiger partial charge in [-0.05, 0) is 44.0 Å². The molecule has 134 valence electrons. The van der Waals surface area contributed by atoms with Gasteiger partial charge in [0, 0.05) is 31.8 Å². The third-order valence-electron chi connectivity index (χ3n) is 4.08. The van der Waals surface area contributed by atoms with Gasteiger partial charge in [-0.15, -0.1) is 0 Å². The van der Waals surface area contributed by atoms with Crippen LogP contribution in [0.1, 0.15) is 43.0 Å². The van der Waals surface area contributed by atoms with Crippen molar-refractivity contribution in [3.05, 3.63) is 29.8 Å². The molecule has 0 radical (unpaired) electrons. The fraction of sp³-hybridized carbons (Fsp3) is 0.588. The minimum atomic E-state index is -3.61. The van der Waals surface area contributed by atoms with E-state index >= 15 is 0 Å². The Morgan fingerprint density at radius 1 is 1.17 bits per heavy atom. The molecule has 0 saturated carbocycles. The zero-order valence-electron chi connectivity index (χ0n) is 14.3. The molecule has 1 fully saturated rings. The van der Waals surface area contributed by atoms with E-state index in [1.807, 2.05) is 4.90 Å². The number of nitrogens with zero attached hydrogens (tertiary/aromatic N) is 1. The van der Waals surface area contributed by atoms with Crippen molar-refractivity contribution in [3.63, 3.8) is 0 Å². The minimum absolute atomic E-state index is 0.0263. The van der Waals surface area contributed by atoms with Crippen molar-refractivity contribution in [2.24, 2.45) is 0 Å². The fourth-order valence-electron chi connectivity index (χ4n) is 2.85. The molecule has 1 heterocycles. The molecular formula is C17H26N2O4S. The monoisotopic (exact) mass is 354 g/mol. The smallest absolute Gasteiger partial charge is 0.253 e. The van der Waals surface area contributed by atoms with Crippen LogP contribution in [-0.4, -0.2) is 52.1 Å². The lowest BCUT2D eigenvalue weighted by atomic mass is 10.2. The Bertz CT molecular complexity index is 635. The lowest BCUT2D eigenvalue weighted by Gasteiger charge is -2.20. The van der Waals surface area contributed by atoms with Crippen LogP contribution in [0.2, 0.25) is 0 Å². The Labute approximate surface area is 144 Å². The summed E-state index contributed by atoms with van der Waals surface area (Å²) in [6.07, 6.45) is 4.37. The van der Waals surface area contributed by atoms with Crippen LogP contribution in [-0.2, 0) is 14.8 Å². The van der Waals surface area contributed by atoms with E-state index < -0.39 is 10.0 Å². The predicted molar refractivity (Wildman–Crippen MR) is 92.5 cm³/mol. The molecule has 1 aromatic rings. The zero-order chi connectivity index (χ0) is 17.6. The molecule has 0 unspecified atom stereocenters. The largest absolute Gasteiger partial charge is 0.383 e. The Morgan fingerprint density at radius 2 is 1.75 bits per heavy atom. The van der Waals surface area contributed by atoms with Gasteiger partial charge in [-0.3, -0.25) is 4.79 Å². The summed E-state index contributed by atoms with van der Waals surface area (Å²) >= 11 is 0. The summed E-state index contributed by atoms with van der Waals surface area (Å²) in [6.45, 7) is 3.58. The number of nitrogens with one attached hydrogen (secondary N) is 1. The van der Waals surface area contributed by atoms with Crippen molar-refractivity contribution in [2.45, 2.75) is 43.5 Å². The average molecular weight is 354 g/mol. The molecule has 1 aromatic carbocycles. The lowest BCUT2D eigenvalue weighted by Crippen LogP contribution is -2.35. The predicted octanol–water partition coefficient (Wildman–Crippen LogP) is 2.02. The quantitative estimate of drug-likeness (QED) is 0.848. The molecule has 0 aliphatic carbocycles. The third kappa shape index (κ3) is 5.03. The molecule has 1 aliphatic heterocycles. The molecule has 0 spiro atoms. The second kappa shape index (κ2) is 8.60. The highest BCUT2D eigenvalue weighted by molar-refractivity contribution is 7.89. The van der Waals surface area contributed by atoms with Gasteiger partial charge in [0.15, 0.2) is 0 Å². The molecule has 6 nitrogen and oxygen atoms in total. The molecule has 1 amide bonds. The average Bonchev–Trinajstić information content (AvgIpc) is 2.83. The molecule has 1 atom stereocenters. The van der Waals surface area contributed by atoms with E-state index in [4.69, 9.17) is 4.74 Å². The lowest BCUT2D eigenvalue weighted by molar-refractivity contribution is 0.0761. The topological polar surface area (TPSA) is 75.7 Å². The molecule has 7 heteroatoms. The van der Waals surface area contributed by atoms with E-state index in [9.17, 15) is 13.2 Å². The highest BCUT2D eigenvalue weighted by Crippen LogP contribution is 2.16. The number of rotatable bonds is 6. The van der Waals surface area contributed by atoms with Gasteiger partial charge in [-0.25, -0.2) is 13.1 Å². The van der Waals surface area contributed by atoms with Crippen molar-refractivity contribution in [3.8, 4) is 0 Å². The van der Waals surface area contributed by atoms with E-state index in [1.165, 1.54) is 19.2 Å². The highest BCUT2D eigenvalue weighted by Gasteiger charge is 2.20. The molecule has 1 N–H and O–H groups in total. The Morgan fingerprint density at radius 3 is 2.29 bits per heavy atom. The highest BCUT2D eigenvalue weighted by atomic mass is 32.2. The fourth-order valence-corrected chi connectivity index (χ4v) is 4.08.